The molecule has 0 aliphatic heterocycles. The fraction of sp³-hybridized carbons (Fsp3) is 0.231. The van der Waals surface area contributed by atoms with Crippen LogP contribution in [0.3, 0.4) is 0 Å². The van der Waals surface area contributed by atoms with Crippen molar-refractivity contribution in [3.63, 3.8) is 0 Å². The van der Waals surface area contributed by atoms with Gasteiger partial charge in [0.2, 0.25) is 0 Å². The van der Waals surface area contributed by atoms with E-state index in [2.05, 4.69) is 22.0 Å². The molecule has 0 spiro atoms. The fourth-order valence-electron chi connectivity index (χ4n) is 1.82. The van der Waals surface area contributed by atoms with Gasteiger partial charge < -0.3 is 4.90 Å². The Bertz CT molecular complexity index is 572. The average Bonchev–Trinajstić information content (AvgIpc) is 2.88. The van der Waals surface area contributed by atoms with Gasteiger partial charge in [-0.2, -0.15) is 0 Å². The lowest BCUT2D eigenvalue weighted by Gasteiger charge is -2.18. The number of benzene rings is 1. The van der Waals surface area contributed by atoms with E-state index in [4.69, 9.17) is 0 Å². The van der Waals surface area contributed by atoms with Gasteiger partial charge in [0.25, 0.3) is 5.69 Å². The van der Waals surface area contributed by atoms with Gasteiger partial charge in [-0.1, -0.05) is 22.0 Å². The number of halogens is 1. The molecule has 0 saturated heterocycles. The van der Waals surface area contributed by atoms with Crippen molar-refractivity contribution in [2.24, 2.45) is 0 Å². The van der Waals surface area contributed by atoms with E-state index in [1.165, 1.54) is 10.9 Å². The molecule has 1 heterocycles. The molecular weight excluding hydrogens is 328 g/mol. The molecule has 2 aromatic rings. The van der Waals surface area contributed by atoms with Crippen LogP contribution in [0, 0.1) is 10.1 Å². The summed E-state index contributed by atoms with van der Waals surface area (Å²) in [5.41, 5.74) is 0.771. The number of hydrogen-bond acceptors (Lipinski definition) is 4. The van der Waals surface area contributed by atoms with Gasteiger partial charge in [0.1, 0.15) is 5.69 Å². The Morgan fingerprint density at radius 2 is 2.21 bits per heavy atom. The van der Waals surface area contributed by atoms with E-state index in [-0.39, 0.29) is 10.6 Å². The molecule has 4 nitrogen and oxygen atoms in total. The van der Waals surface area contributed by atoms with Crippen molar-refractivity contribution in [2.45, 2.75) is 6.42 Å². The normalized spacial score (nSPS) is 10.4. The molecule has 1 aromatic heterocycles. The Morgan fingerprint density at radius 3 is 2.84 bits per heavy atom. The molecule has 0 unspecified atom stereocenters. The molecule has 0 atom stereocenters. The summed E-state index contributed by atoms with van der Waals surface area (Å²) in [5, 5.41) is 13.1. The minimum Gasteiger partial charge on any atom is -0.369 e. The highest BCUT2D eigenvalue weighted by Gasteiger charge is 2.17. The Kier molecular flexibility index (Phi) is 4.55. The predicted octanol–water partition coefficient (Wildman–Crippen LogP) is 4.10. The summed E-state index contributed by atoms with van der Waals surface area (Å²) in [6.07, 6.45) is 0.890. The molecule has 6 heteroatoms. The van der Waals surface area contributed by atoms with Gasteiger partial charge in [0.15, 0.2) is 0 Å². The van der Waals surface area contributed by atoms with Crippen LogP contribution in [0.5, 0.6) is 0 Å². The Balaban J connectivity index is 2.14. The van der Waals surface area contributed by atoms with Crippen molar-refractivity contribution in [3.05, 3.63) is 55.2 Å². The van der Waals surface area contributed by atoms with E-state index in [1.54, 1.807) is 17.4 Å². The molecule has 0 aliphatic rings. The van der Waals surface area contributed by atoms with Crippen molar-refractivity contribution in [3.8, 4) is 0 Å². The summed E-state index contributed by atoms with van der Waals surface area (Å²) >= 11 is 4.97. The van der Waals surface area contributed by atoms with Crippen LogP contribution in [0.2, 0.25) is 0 Å². The van der Waals surface area contributed by atoms with E-state index in [0.717, 1.165) is 17.4 Å². The van der Waals surface area contributed by atoms with Gasteiger partial charge in [0.05, 0.1) is 4.92 Å². The number of thiophene rings is 1. The van der Waals surface area contributed by atoms with E-state index < -0.39 is 0 Å². The molecule has 0 aliphatic carbocycles. The summed E-state index contributed by atoms with van der Waals surface area (Å²) in [4.78, 5) is 13.9. The van der Waals surface area contributed by atoms with Gasteiger partial charge in [0, 0.05) is 29.0 Å². The summed E-state index contributed by atoms with van der Waals surface area (Å²) < 4.78 is 0.717. The highest BCUT2D eigenvalue weighted by atomic mass is 79.9. The summed E-state index contributed by atoms with van der Waals surface area (Å²) in [6, 6.07) is 9.23. The first-order valence-electron chi connectivity index (χ1n) is 5.75. The number of likely N-dealkylation sites (N-methyl/N-ethyl adjacent to an activating group) is 1. The third-order valence-corrected chi connectivity index (χ3v) is 4.25. The summed E-state index contributed by atoms with van der Waals surface area (Å²) in [7, 11) is 1.88. The maximum absolute atomic E-state index is 11.1. The molecule has 0 bridgehead atoms. The first kappa shape index (κ1) is 14.0. The topological polar surface area (TPSA) is 46.4 Å². The van der Waals surface area contributed by atoms with Crippen LogP contribution in [-0.4, -0.2) is 18.5 Å². The zero-order chi connectivity index (χ0) is 13.8. The molecule has 0 radical (unpaired) electrons. The quantitative estimate of drug-likeness (QED) is 0.608. The van der Waals surface area contributed by atoms with Crippen LogP contribution < -0.4 is 4.90 Å². The third-order valence-electron chi connectivity index (χ3n) is 2.82. The molecule has 0 fully saturated rings. The molecule has 0 saturated carbocycles. The number of anilines is 1. The van der Waals surface area contributed by atoms with Crippen LogP contribution >= 0.6 is 27.3 Å². The standard InChI is InChI=1S/C13H13BrN2O2S/c1-15(7-6-11-3-2-8-19-11)12-5-4-10(14)9-13(12)16(17)18/h2-5,8-9H,6-7H2,1H3. The van der Waals surface area contributed by atoms with Crippen molar-refractivity contribution in [1.29, 1.82) is 0 Å². The Morgan fingerprint density at radius 1 is 1.42 bits per heavy atom. The van der Waals surface area contributed by atoms with Crippen molar-refractivity contribution < 1.29 is 4.92 Å². The Labute approximate surface area is 124 Å². The minimum atomic E-state index is -0.346. The smallest absolute Gasteiger partial charge is 0.293 e. The number of hydrogen-bond donors (Lipinski definition) is 0. The van der Waals surface area contributed by atoms with Crippen LogP contribution in [0.4, 0.5) is 11.4 Å². The van der Waals surface area contributed by atoms with Crippen LogP contribution in [0.25, 0.3) is 0 Å². The van der Waals surface area contributed by atoms with Gasteiger partial charge in [-0.25, -0.2) is 0 Å². The van der Waals surface area contributed by atoms with E-state index in [1.807, 2.05) is 29.5 Å². The van der Waals surface area contributed by atoms with Crippen LogP contribution in [-0.2, 0) is 6.42 Å². The first-order chi connectivity index (χ1) is 9.08. The number of nitrogens with zero attached hydrogens (tertiary/aromatic N) is 2. The second-order valence-corrected chi connectivity index (χ2v) is 6.09. The highest BCUT2D eigenvalue weighted by Crippen LogP contribution is 2.30. The Hall–Kier alpha value is -1.40. The average molecular weight is 341 g/mol. The predicted molar refractivity (Wildman–Crippen MR) is 82.1 cm³/mol. The van der Waals surface area contributed by atoms with Crippen molar-refractivity contribution in [2.75, 3.05) is 18.5 Å². The van der Waals surface area contributed by atoms with Gasteiger partial charge in [-0.05, 0) is 30.0 Å². The summed E-state index contributed by atoms with van der Waals surface area (Å²) in [6.45, 7) is 0.753. The fourth-order valence-corrected chi connectivity index (χ4v) is 2.87. The number of nitro benzene ring substituents is 1. The van der Waals surface area contributed by atoms with E-state index in [0.29, 0.717) is 5.69 Å². The summed E-state index contributed by atoms with van der Waals surface area (Å²) in [5.74, 6) is 0. The second kappa shape index (κ2) is 6.16. The lowest BCUT2D eigenvalue weighted by atomic mass is 10.2. The highest BCUT2D eigenvalue weighted by molar-refractivity contribution is 9.10. The molecule has 0 amide bonds. The molecule has 1 aromatic carbocycles. The van der Waals surface area contributed by atoms with Crippen molar-refractivity contribution in [1.82, 2.24) is 0 Å². The van der Waals surface area contributed by atoms with Crippen LogP contribution in [0.15, 0.2) is 40.2 Å². The molecule has 100 valence electrons. The largest absolute Gasteiger partial charge is 0.369 e. The van der Waals surface area contributed by atoms with E-state index >= 15 is 0 Å². The monoisotopic (exact) mass is 340 g/mol. The van der Waals surface area contributed by atoms with Gasteiger partial charge in [-0.15, -0.1) is 11.3 Å². The SMILES string of the molecule is CN(CCc1cccs1)c1ccc(Br)cc1[N+](=O)[O-]. The lowest BCUT2D eigenvalue weighted by molar-refractivity contribution is -0.384. The maximum Gasteiger partial charge on any atom is 0.293 e. The molecule has 0 N–H and O–H groups in total. The van der Waals surface area contributed by atoms with Crippen LogP contribution in [0.1, 0.15) is 4.88 Å². The van der Waals surface area contributed by atoms with E-state index in [9.17, 15) is 10.1 Å². The zero-order valence-corrected chi connectivity index (χ0v) is 12.8. The maximum atomic E-state index is 11.1. The zero-order valence-electron chi connectivity index (χ0n) is 10.4. The number of nitro groups is 1. The van der Waals surface area contributed by atoms with Gasteiger partial charge in [-0.3, -0.25) is 10.1 Å². The second-order valence-electron chi connectivity index (χ2n) is 4.14. The third kappa shape index (κ3) is 3.54. The minimum absolute atomic E-state index is 0.128. The first-order valence-corrected chi connectivity index (χ1v) is 7.42. The van der Waals surface area contributed by atoms with Crippen molar-refractivity contribution >= 4 is 38.6 Å². The number of rotatable bonds is 5. The molecular formula is C13H13BrN2O2S. The van der Waals surface area contributed by atoms with Gasteiger partial charge >= 0.3 is 0 Å². The molecule has 19 heavy (non-hydrogen) atoms. The lowest BCUT2D eigenvalue weighted by Crippen LogP contribution is -2.21. The molecule has 2 rings (SSSR count).